The molecule has 4 heteroatoms. The van der Waals surface area contributed by atoms with E-state index in [-0.39, 0.29) is 17.9 Å². The molecule has 0 aliphatic heterocycles. The van der Waals surface area contributed by atoms with Gasteiger partial charge in [-0.1, -0.05) is 6.07 Å². The van der Waals surface area contributed by atoms with Gasteiger partial charge in [0.1, 0.15) is 23.2 Å². The van der Waals surface area contributed by atoms with Crippen LogP contribution < -0.4 is 4.74 Å². The van der Waals surface area contributed by atoms with E-state index < -0.39 is 11.4 Å². The van der Waals surface area contributed by atoms with Gasteiger partial charge < -0.3 is 9.84 Å². The Kier molecular flexibility index (Phi) is 3.86. The molecule has 0 fully saturated rings. The van der Waals surface area contributed by atoms with E-state index in [1.807, 2.05) is 0 Å². The van der Waals surface area contributed by atoms with Gasteiger partial charge in [-0.05, 0) is 26.0 Å². The predicted octanol–water partition coefficient (Wildman–Crippen LogP) is 2.24. The lowest BCUT2D eigenvalue weighted by atomic mass is 10.1. The molecule has 0 saturated heterocycles. The summed E-state index contributed by atoms with van der Waals surface area (Å²) >= 11 is 0. The molecule has 0 atom stereocenters. The van der Waals surface area contributed by atoms with Gasteiger partial charge in [-0.3, -0.25) is 0 Å². The lowest BCUT2D eigenvalue weighted by Crippen LogP contribution is -2.22. The Morgan fingerprint density at radius 1 is 1.50 bits per heavy atom. The maximum atomic E-state index is 13.2. The van der Waals surface area contributed by atoms with Gasteiger partial charge in [0.05, 0.1) is 12.2 Å². The summed E-state index contributed by atoms with van der Waals surface area (Å²) in [4.78, 5) is 0. The summed E-state index contributed by atoms with van der Waals surface area (Å²) in [6.07, 6.45) is 0.411. The molecule has 1 aromatic rings. The summed E-state index contributed by atoms with van der Waals surface area (Å²) < 4.78 is 18.4. The predicted molar refractivity (Wildman–Crippen MR) is 57.5 cm³/mol. The van der Waals surface area contributed by atoms with Gasteiger partial charge in [0.2, 0.25) is 0 Å². The fourth-order valence-corrected chi connectivity index (χ4v) is 1.14. The fourth-order valence-electron chi connectivity index (χ4n) is 1.14. The third-order valence-electron chi connectivity index (χ3n) is 2.06. The fraction of sp³-hybridized carbons (Fsp3) is 0.417. The summed E-state index contributed by atoms with van der Waals surface area (Å²) in [5.74, 6) is -0.380. The van der Waals surface area contributed by atoms with Gasteiger partial charge in [0, 0.05) is 6.42 Å². The van der Waals surface area contributed by atoms with Crippen LogP contribution in [-0.4, -0.2) is 17.3 Å². The molecule has 0 amide bonds. The maximum Gasteiger partial charge on any atom is 0.144 e. The minimum atomic E-state index is -0.833. The van der Waals surface area contributed by atoms with Crippen LogP contribution in [0.4, 0.5) is 4.39 Å². The summed E-state index contributed by atoms with van der Waals surface area (Å²) in [5.41, 5.74) is -0.932. The second-order valence-electron chi connectivity index (χ2n) is 4.14. The molecule has 0 aliphatic rings. The van der Waals surface area contributed by atoms with Crippen molar-refractivity contribution in [3.05, 3.63) is 29.6 Å². The molecule has 0 spiro atoms. The number of halogens is 1. The van der Waals surface area contributed by atoms with E-state index in [4.69, 9.17) is 10.00 Å². The van der Waals surface area contributed by atoms with Crippen LogP contribution in [0.25, 0.3) is 0 Å². The van der Waals surface area contributed by atoms with Crippen LogP contribution >= 0.6 is 0 Å². The Labute approximate surface area is 94.1 Å². The number of ether oxygens (including phenoxy) is 1. The number of hydrogen-bond acceptors (Lipinski definition) is 3. The first-order valence-electron chi connectivity index (χ1n) is 4.98. The van der Waals surface area contributed by atoms with Gasteiger partial charge in [-0.25, -0.2) is 4.39 Å². The van der Waals surface area contributed by atoms with E-state index in [1.54, 1.807) is 19.9 Å². The second-order valence-corrected chi connectivity index (χ2v) is 4.14. The highest BCUT2D eigenvalue weighted by molar-refractivity contribution is 5.43. The lowest BCUT2D eigenvalue weighted by Gasteiger charge is -2.17. The largest absolute Gasteiger partial charge is 0.492 e. The molecule has 1 aromatic carbocycles. The topological polar surface area (TPSA) is 53.2 Å². The van der Waals surface area contributed by atoms with E-state index in [2.05, 4.69) is 0 Å². The zero-order valence-corrected chi connectivity index (χ0v) is 9.33. The Bertz CT molecular complexity index is 404. The van der Waals surface area contributed by atoms with Crippen molar-refractivity contribution >= 4 is 0 Å². The van der Waals surface area contributed by atoms with Crippen molar-refractivity contribution < 1.29 is 14.2 Å². The molecule has 0 radical (unpaired) electrons. The van der Waals surface area contributed by atoms with Gasteiger partial charge >= 0.3 is 0 Å². The minimum Gasteiger partial charge on any atom is -0.492 e. The molecule has 1 N–H and O–H groups in total. The second kappa shape index (κ2) is 4.95. The van der Waals surface area contributed by atoms with Crippen molar-refractivity contribution in [3.8, 4) is 11.8 Å². The standard InChI is InChI=1S/C12H14FNO2/c1-12(2,15)6-7-16-11-5-3-4-10(13)9(11)8-14/h3-5,15H,6-7H2,1-2H3. The van der Waals surface area contributed by atoms with Crippen LogP contribution in [0.15, 0.2) is 18.2 Å². The quantitative estimate of drug-likeness (QED) is 0.851. The Balaban J connectivity index is 2.68. The number of aliphatic hydroxyl groups is 1. The van der Waals surface area contributed by atoms with Crippen molar-refractivity contribution in [1.29, 1.82) is 5.26 Å². The van der Waals surface area contributed by atoms with E-state index in [1.165, 1.54) is 18.2 Å². The minimum absolute atomic E-state index is 0.0988. The Morgan fingerprint density at radius 2 is 2.19 bits per heavy atom. The van der Waals surface area contributed by atoms with Crippen molar-refractivity contribution in [3.63, 3.8) is 0 Å². The SMILES string of the molecule is CC(C)(O)CCOc1cccc(F)c1C#N. The van der Waals surface area contributed by atoms with Crippen LogP contribution in [0.5, 0.6) is 5.75 Å². The Hall–Kier alpha value is -1.60. The molecule has 0 heterocycles. The van der Waals surface area contributed by atoms with Gasteiger partial charge in [0.15, 0.2) is 0 Å². The van der Waals surface area contributed by atoms with Gasteiger partial charge in [0.25, 0.3) is 0 Å². The molecule has 86 valence electrons. The molecule has 0 saturated carbocycles. The average molecular weight is 223 g/mol. The highest BCUT2D eigenvalue weighted by atomic mass is 19.1. The Morgan fingerprint density at radius 3 is 2.75 bits per heavy atom. The molecule has 0 unspecified atom stereocenters. The molecular formula is C12H14FNO2. The molecule has 1 rings (SSSR count). The highest BCUT2D eigenvalue weighted by Crippen LogP contribution is 2.21. The molecule has 0 bridgehead atoms. The zero-order valence-electron chi connectivity index (χ0n) is 9.33. The number of nitrogens with zero attached hydrogens (tertiary/aromatic N) is 1. The molecule has 3 nitrogen and oxygen atoms in total. The van der Waals surface area contributed by atoms with Crippen molar-refractivity contribution in [2.45, 2.75) is 25.9 Å². The highest BCUT2D eigenvalue weighted by Gasteiger charge is 2.14. The van der Waals surface area contributed by atoms with E-state index >= 15 is 0 Å². The number of hydrogen-bond donors (Lipinski definition) is 1. The smallest absolute Gasteiger partial charge is 0.144 e. The van der Waals surface area contributed by atoms with E-state index in [9.17, 15) is 9.50 Å². The summed E-state index contributed by atoms with van der Waals surface area (Å²) in [6.45, 7) is 3.56. The monoisotopic (exact) mass is 223 g/mol. The number of nitriles is 1. The number of benzene rings is 1. The van der Waals surface area contributed by atoms with Crippen molar-refractivity contribution in [2.24, 2.45) is 0 Å². The van der Waals surface area contributed by atoms with Crippen molar-refractivity contribution in [2.75, 3.05) is 6.61 Å². The normalized spacial score (nSPS) is 10.9. The number of rotatable bonds is 4. The summed E-state index contributed by atoms with van der Waals surface area (Å²) in [6, 6.07) is 5.97. The maximum absolute atomic E-state index is 13.2. The lowest BCUT2D eigenvalue weighted by molar-refractivity contribution is 0.0552. The first-order valence-corrected chi connectivity index (χ1v) is 4.98. The first-order chi connectivity index (χ1) is 7.44. The van der Waals surface area contributed by atoms with Gasteiger partial charge in [-0.2, -0.15) is 5.26 Å². The van der Waals surface area contributed by atoms with E-state index in [0.29, 0.717) is 6.42 Å². The zero-order chi connectivity index (χ0) is 12.2. The molecule has 16 heavy (non-hydrogen) atoms. The van der Waals surface area contributed by atoms with E-state index in [0.717, 1.165) is 0 Å². The van der Waals surface area contributed by atoms with Crippen LogP contribution in [0.3, 0.4) is 0 Å². The van der Waals surface area contributed by atoms with Crippen LogP contribution in [0.1, 0.15) is 25.8 Å². The molecular weight excluding hydrogens is 209 g/mol. The molecule has 0 aromatic heterocycles. The van der Waals surface area contributed by atoms with Crippen LogP contribution in [0, 0.1) is 17.1 Å². The summed E-state index contributed by atoms with van der Waals surface area (Å²) in [7, 11) is 0. The molecule has 0 aliphatic carbocycles. The van der Waals surface area contributed by atoms with Crippen LogP contribution in [-0.2, 0) is 0 Å². The summed E-state index contributed by atoms with van der Waals surface area (Å²) in [5, 5.41) is 18.2. The first kappa shape index (κ1) is 12.5. The van der Waals surface area contributed by atoms with Gasteiger partial charge in [-0.15, -0.1) is 0 Å². The van der Waals surface area contributed by atoms with Crippen LogP contribution in [0.2, 0.25) is 0 Å². The third-order valence-corrected chi connectivity index (χ3v) is 2.06. The third kappa shape index (κ3) is 3.52. The average Bonchev–Trinajstić information content (AvgIpc) is 2.16. The van der Waals surface area contributed by atoms with Crippen molar-refractivity contribution in [1.82, 2.24) is 0 Å².